The molecular weight excluding hydrogens is 448 g/mol. The molecule has 0 saturated heterocycles. The minimum Gasteiger partial charge on any atom is -0.322 e. The molecule has 9 heteroatoms. The number of rotatable bonds is 4. The highest BCUT2D eigenvalue weighted by Crippen LogP contribution is 2.13. The van der Waals surface area contributed by atoms with E-state index in [-0.39, 0.29) is 11.0 Å². The summed E-state index contributed by atoms with van der Waals surface area (Å²) in [4.78, 5) is 36.8. The maximum absolute atomic E-state index is 12.4. The SMILES string of the molecule is Cc1ccccc1C(=O)Nc1ccc(C(=O)NNC(=S)NC(=O)c2ccc(Cl)cc2)cc1. The van der Waals surface area contributed by atoms with Gasteiger partial charge in [-0.3, -0.25) is 30.6 Å². The molecule has 7 nitrogen and oxygen atoms in total. The fourth-order valence-corrected chi connectivity index (χ4v) is 2.99. The van der Waals surface area contributed by atoms with Crippen LogP contribution in [0.25, 0.3) is 0 Å². The predicted molar refractivity (Wildman–Crippen MR) is 128 cm³/mol. The van der Waals surface area contributed by atoms with Crippen molar-refractivity contribution in [3.8, 4) is 0 Å². The largest absolute Gasteiger partial charge is 0.322 e. The number of benzene rings is 3. The molecule has 0 fully saturated rings. The first-order valence-corrected chi connectivity index (χ1v) is 10.3. The molecule has 0 aromatic heterocycles. The Bertz CT molecular complexity index is 1160. The zero-order valence-electron chi connectivity index (χ0n) is 16.9. The van der Waals surface area contributed by atoms with Gasteiger partial charge in [-0.2, -0.15) is 0 Å². The van der Waals surface area contributed by atoms with Gasteiger partial charge in [0, 0.05) is 27.4 Å². The highest BCUT2D eigenvalue weighted by molar-refractivity contribution is 7.80. The van der Waals surface area contributed by atoms with Crippen LogP contribution in [0.15, 0.2) is 72.8 Å². The van der Waals surface area contributed by atoms with Crippen molar-refractivity contribution >= 4 is 52.3 Å². The molecule has 0 spiro atoms. The summed E-state index contributed by atoms with van der Waals surface area (Å²) in [5.41, 5.74) is 7.57. The Labute approximate surface area is 195 Å². The van der Waals surface area contributed by atoms with Gasteiger partial charge in [0.2, 0.25) is 0 Å². The number of amides is 3. The predicted octanol–water partition coefficient (Wildman–Crippen LogP) is 3.85. The van der Waals surface area contributed by atoms with Crippen molar-refractivity contribution in [1.29, 1.82) is 0 Å². The highest BCUT2D eigenvalue weighted by Gasteiger charge is 2.11. The van der Waals surface area contributed by atoms with Gasteiger partial charge in [0.1, 0.15) is 0 Å². The summed E-state index contributed by atoms with van der Waals surface area (Å²) >= 11 is 10.8. The molecule has 4 N–H and O–H groups in total. The number of halogens is 1. The summed E-state index contributed by atoms with van der Waals surface area (Å²) in [7, 11) is 0. The Hall–Kier alpha value is -3.75. The van der Waals surface area contributed by atoms with E-state index in [0.717, 1.165) is 5.56 Å². The van der Waals surface area contributed by atoms with E-state index in [0.29, 0.717) is 27.4 Å². The van der Waals surface area contributed by atoms with Crippen LogP contribution in [0.2, 0.25) is 5.02 Å². The fourth-order valence-electron chi connectivity index (χ4n) is 2.72. The van der Waals surface area contributed by atoms with Gasteiger partial charge in [-0.1, -0.05) is 29.8 Å². The van der Waals surface area contributed by atoms with Crippen LogP contribution in [0, 0.1) is 6.92 Å². The van der Waals surface area contributed by atoms with Gasteiger partial charge in [-0.15, -0.1) is 0 Å². The van der Waals surface area contributed by atoms with E-state index in [1.165, 1.54) is 0 Å². The molecule has 0 atom stereocenters. The van der Waals surface area contributed by atoms with Crippen molar-refractivity contribution in [2.45, 2.75) is 6.92 Å². The van der Waals surface area contributed by atoms with Gasteiger partial charge >= 0.3 is 0 Å². The smallest absolute Gasteiger partial charge is 0.269 e. The van der Waals surface area contributed by atoms with Crippen LogP contribution in [-0.2, 0) is 0 Å². The number of hydrazine groups is 1. The van der Waals surface area contributed by atoms with E-state index in [4.69, 9.17) is 23.8 Å². The molecule has 0 unspecified atom stereocenters. The topological polar surface area (TPSA) is 99.3 Å². The van der Waals surface area contributed by atoms with Crippen molar-refractivity contribution < 1.29 is 14.4 Å². The Morgan fingerprint density at radius 1 is 0.750 bits per heavy atom. The molecule has 0 heterocycles. The van der Waals surface area contributed by atoms with E-state index in [9.17, 15) is 14.4 Å². The fraction of sp³-hybridized carbons (Fsp3) is 0.0435. The molecule has 3 amide bonds. The lowest BCUT2D eigenvalue weighted by Crippen LogP contribution is -2.48. The molecule has 0 saturated carbocycles. The van der Waals surface area contributed by atoms with Crippen LogP contribution >= 0.6 is 23.8 Å². The van der Waals surface area contributed by atoms with E-state index < -0.39 is 11.8 Å². The Morgan fingerprint density at radius 3 is 2.00 bits per heavy atom. The monoisotopic (exact) mass is 466 g/mol. The van der Waals surface area contributed by atoms with Crippen molar-refractivity contribution in [3.05, 3.63) is 100 Å². The van der Waals surface area contributed by atoms with Gasteiger partial charge in [0.05, 0.1) is 0 Å². The van der Waals surface area contributed by atoms with Crippen molar-refractivity contribution in [1.82, 2.24) is 16.2 Å². The summed E-state index contributed by atoms with van der Waals surface area (Å²) in [6.07, 6.45) is 0. The number of thiocarbonyl (C=S) groups is 1. The lowest BCUT2D eigenvalue weighted by Gasteiger charge is -2.11. The third kappa shape index (κ3) is 6.13. The molecule has 0 radical (unpaired) electrons. The average Bonchev–Trinajstić information content (AvgIpc) is 2.78. The molecule has 0 aliphatic carbocycles. The molecule has 3 aromatic carbocycles. The minimum atomic E-state index is -0.468. The first-order chi connectivity index (χ1) is 15.3. The van der Waals surface area contributed by atoms with Crippen LogP contribution in [-0.4, -0.2) is 22.8 Å². The first kappa shape index (κ1) is 22.9. The maximum atomic E-state index is 12.4. The van der Waals surface area contributed by atoms with Gasteiger partial charge in [0.15, 0.2) is 5.11 Å². The van der Waals surface area contributed by atoms with Gasteiger partial charge in [-0.05, 0) is 79.3 Å². The molecule has 0 aliphatic rings. The molecule has 0 bridgehead atoms. The zero-order valence-corrected chi connectivity index (χ0v) is 18.5. The normalized spacial score (nSPS) is 10.1. The van der Waals surface area contributed by atoms with E-state index in [2.05, 4.69) is 21.5 Å². The Kier molecular flexibility index (Phi) is 7.54. The van der Waals surface area contributed by atoms with Crippen LogP contribution in [0.1, 0.15) is 36.6 Å². The maximum Gasteiger partial charge on any atom is 0.269 e. The van der Waals surface area contributed by atoms with E-state index >= 15 is 0 Å². The second-order valence-corrected chi connectivity index (χ2v) is 7.56. The average molecular weight is 467 g/mol. The van der Waals surface area contributed by atoms with Crippen LogP contribution < -0.4 is 21.5 Å². The lowest BCUT2D eigenvalue weighted by atomic mass is 10.1. The Balaban J connectivity index is 1.50. The molecule has 3 rings (SSSR count). The van der Waals surface area contributed by atoms with Gasteiger partial charge in [0.25, 0.3) is 17.7 Å². The number of anilines is 1. The first-order valence-electron chi connectivity index (χ1n) is 9.48. The number of aryl methyl sites for hydroxylation is 1. The summed E-state index contributed by atoms with van der Waals surface area (Å²) in [6, 6.07) is 19.9. The summed E-state index contributed by atoms with van der Waals surface area (Å²) in [6.45, 7) is 1.86. The molecule has 3 aromatic rings. The molecule has 32 heavy (non-hydrogen) atoms. The summed E-state index contributed by atoms with van der Waals surface area (Å²) in [5, 5.41) is 5.68. The van der Waals surface area contributed by atoms with Crippen molar-refractivity contribution in [2.24, 2.45) is 0 Å². The summed E-state index contributed by atoms with van der Waals surface area (Å²) < 4.78 is 0. The highest BCUT2D eigenvalue weighted by atomic mass is 35.5. The number of hydrogen-bond acceptors (Lipinski definition) is 4. The number of nitrogens with one attached hydrogen (secondary N) is 4. The molecular formula is C23H19ClN4O3S. The van der Waals surface area contributed by atoms with E-state index in [1.54, 1.807) is 60.7 Å². The van der Waals surface area contributed by atoms with Gasteiger partial charge < -0.3 is 5.32 Å². The standard InChI is InChI=1S/C23H19ClN4O3S/c1-14-4-2-3-5-19(14)22(31)25-18-12-8-16(9-13-18)21(30)27-28-23(32)26-20(29)15-6-10-17(24)11-7-15/h2-13H,1H3,(H,25,31)(H,27,30)(H2,26,28,29,32). The Morgan fingerprint density at radius 2 is 1.34 bits per heavy atom. The third-order valence-corrected chi connectivity index (χ3v) is 4.87. The van der Waals surface area contributed by atoms with Gasteiger partial charge in [-0.25, -0.2) is 0 Å². The lowest BCUT2D eigenvalue weighted by molar-refractivity contribution is 0.0934. The molecule has 162 valence electrons. The number of carbonyl (C=O) groups is 3. The zero-order chi connectivity index (χ0) is 23.1. The number of carbonyl (C=O) groups excluding carboxylic acids is 3. The number of hydrogen-bond donors (Lipinski definition) is 4. The second-order valence-electron chi connectivity index (χ2n) is 6.72. The van der Waals surface area contributed by atoms with Crippen molar-refractivity contribution in [3.63, 3.8) is 0 Å². The van der Waals surface area contributed by atoms with Crippen LogP contribution in [0.4, 0.5) is 5.69 Å². The van der Waals surface area contributed by atoms with E-state index in [1.807, 2.05) is 19.1 Å². The minimum absolute atomic E-state index is 0.0691. The second kappa shape index (κ2) is 10.5. The van der Waals surface area contributed by atoms with Crippen LogP contribution in [0.3, 0.4) is 0 Å². The third-order valence-electron chi connectivity index (χ3n) is 4.42. The summed E-state index contributed by atoms with van der Waals surface area (Å²) in [5.74, 6) is -1.14. The van der Waals surface area contributed by atoms with Crippen LogP contribution in [0.5, 0.6) is 0 Å². The quantitative estimate of drug-likeness (QED) is 0.346. The molecule has 0 aliphatic heterocycles. The van der Waals surface area contributed by atoms with Crippen molar-refractivity contribution in [2.75, 3.05) is 5.32 Å².